The number of rotatable bonds is 4. The molecule has 2 unspecified atom stereocenters. The number of fused-ring (bicyclic) bond motifs is 3. The number of thiol groups is 1. The maximum absolute atomic E-state index is 6.25. The number of hydrogen-bond acceptors (Lipinski definition) is 7. The first-order chi connectivity index (χ1) is 18.7. The van der Waals surface area contributed by atoms with E-state index < -0.39 is 0 Å². The third-order valence-electron chi connectivity index (χ3n) is 8.15. The Morgan fingerprint density at radius 3 is 2.71 bits per heavy atom. The maximum Gasteiger partial charge on any atom is 0.176 e. The van der Waals surface area contributed by atoms with Crippen LogP contribution in [-0.2, 0) is 11.3 Å². The van der Waals surface area contributed by atoms with E-state index in [4.69, 9.17) is 25.2 Å². The topological polar surface area (TPSA) is 93.5 Å². The third kappa shape index (κ3) is 5.72. The Morgan fingerprint density at radius 2 is 1.95 bits per heavy atom. The van der Waals surface area contributed by atoms with E-state index in [9.17, 15) is 0 Å². The fraction of sp³-hybridized carbons (Fsp3) is 0.607. The number of piperidine rings is 1. The summed E-state index contributed by atoms with van der Waals surface area (Å²) in [5.41, 5.74) is 8.66. The summed E-state index contributed by atoms with van der Waals surface area (Å²) in [4.78, 5) is 19.2. The van der Waals surface area contributed by atoms with Crippen molar-refractivity contribution in [2.24, 2.45) is 21.6 Å². The van der Waals surface area contributed by atoms with Crippen LogP contribution in [0.15, 0.2) is 34.4 Å². The number of ether oxygens (including phenoxy) is 2. The van der Waals surface area contributed by atoms with Crippen LogP contribution in [0.2, 0.25) is 0 Å². The minimum atomic E-state index is 0.0985. The van der Waals surface area contributed by atoms with Crippen molar-refractivity contribution < 1.29 is 9.47 Å². The van der Waals surface area contributed by atoms with E-state index in [0.29, 0.717) is 25.1 Å². The van der Waals surface area contributed by atoms with Gasteiger partial charge in [0.25, 0.3) is 0 Å². The Morgan fingerprint density at radius 1 is 1.11 bits per heavy atom. The molecule has 1 aromatic carbocycles. The van der Waals surface area contributed by atoms with E-state index in [-0.39, 0.29) is 6.04 Å². The van der Waals surface area contributed by atoms with Crippen molar-refractivity contribution in [3.63, 3.8) is 0 Å². The number of aromatic nitrogens is 2. The average molecular weight is 540 g/mol. The minimum absolute atomic E-state index is 0.0985. The number of imidazole rings is 1. The highest BCUT2D eigenvalue weighted by Gasteiger charge is 2.34. The van der Waals surface area contributed by atoms with Gasteiger partial charge in [-0.1, -0.05) is 0 Å². The molecule has 0 amide bonds. The Labute approximate surface area is 231 Å². The molecule has 0 saturated carbocycles. The summed E-state index contributed by atoms with van der Waals surface area (Å²) >= 11 is 3.53. The van der Waals surface area contributed by atoms with Gasteiger partial charge in [-0.15, -0.1) is 0 Å². The van der Waals surface area contributed by atoms with E-state index >= 15 is 0 Å². The second kappa shape index (κ2) is 12.5. The van der Waals surface area contributed by atoms with Crippen molar-refractivity contribution >= 4 is 30.5 Å². The fourth-order valence-electron chi connectivity index (χ4n) is 6.21. The van der Waals surface area contributed by atoms with Gasteiger partial charge in [-0.05, 0) is 76.5 Å². The van der Waals surface area contributed by atoms with E-state index in [1.807, 2.05) is 6.20 Å². The monoisotopic (exact) mass is 539 g/mol. The lowest BCUT2D eigenvalue weighted by atomic mass is 9.88. The molecule has 2 N–H and O–H groups in total. The van der Waals surface area contributed by atoms with Crippen LogP contribution in [0.4, 0.5) is 5.69 Å². The molecule has 6 rings (SSSR count). The second-order valence-electron chi connectivity index (χ2n) is 10.5. The Kier molecular flexibility index (Phi) is 8.91. The van der Waals surface area contributed by atoms with Gasteiger partial charge in [0.2, 0.25) is 0 Å². The molecule has 2 atom stereocenters. The van der Waals surface area contributed by atoms with E-state index in [1.54, 1.807) is 6.26 Å². The summed E-state index contributed by atoms with van der Waals surface area (Å²) in [6.07, 6.45) is 11.0. The van der Waals surface area contributed by atoms with Gasteiger partial charge in [0.15, 0.2) is 5.84 Å². The van der Waals surface area contributed by atoms with Crippen LogP contribution in [0, 0.1) is 5.92 Å². The van der Waals surface area contributed by atoms with Gasteiger partial charge < -0.3 is 29.6 Å². The van der Waals surface area contributed by atoms with Crippen LogP contribution in [0.3, 0.4) is 0 Å². The normalized spacial score (nSPS) is 24.5. The summed E-state index contributed by atoms with van der Waals surface area (Å²) < 4.78 is 13.9. The molecule has 1 aromatic heterocycles. The molecule has 2 aromatic rings. The van der Waals surface area contributed by atoms with Gasteiger partial charge in [-0.25, -0.2) is 9.98 Å². The quantitative estimate of drug-likeness (QED) is 0.352. The van der Waals surface area contributed by atoms with E-state index in [1.165, 1.54) is 50.8 Å². The molecule has 0 aliphatic carbocycles. The first-order valence-electron chi connectivity index (χ1n) is 13.8. The second-order valence-corrected chi connectivity index (χ2v) is 10.5. The average Bonchev–Trinajstić information content (AvgIpc) is 3.70. The summed E-state index contributed by atoms with van der Waals surface area (Å²) in [6, 6.07) is 7.39. The number of amidine groups is 1. The van der Waals surface area contributed by atoms with Crippen molar-refractivity contribution in [1.82, 2.24) is 14.5 Å². The van der Waals surface area contributed by atoms with Crippen LogP contribution in [0.5, 0.6) is 5.75 Å². The van der Waals surface area contributed by atoms with Crippen LogP contribution in [0.25, 0.3) is 11.4 Å². The predicted molar refractivity (Wildman–Crippen MR) is 157 cm³/mol. The molecule has 3 fully saturated rings. The first-order valence-corrected chi connectivity index (χ1v) is 14.7. The summed E-state index contributed by atoms with van der Waals surface area (Å²) in [5.74, 6) is 3.13. The summed E-state index contributed by atoms with van der Waals surface area (Å²) in [5, 5.41) is 0. The summed E-state index contributed by atoms with van der Waals surface area (Å²) in [7, 11) is 2.24. The van der Waals surface area contributed by atoms with Crippen molar-refractivity contribution in [2.75, 3.05) is 57.7 Å². The smallest absolute Gasteiger partial charge is 0.176 e. The number of nitrogens with zero attached hydrogens (tertiary/aromatic N) is 6. The number of benzene rings is 1. The Bertz CT molecular complexity index is 1140. The van der Waals surface area contributed by atoms with E-state index in [0.717, 1.165) is 54.9 Å². The molecule has 3 saturated heterocycles. The van der Waals surface area contributed by atoms with Crippen molar-refractivity contribution in [3.05, 3.63) is 30.1 Å². The molecule has 4 aliphatic rings. The largest absolute Gasteiger partial charge is 0.491 e. The molecule has 10 heteroatoms. The molecule has 9 nitrogen and oxygen atoms in total. The highest BCUT2D eigenvalue weighted by molar-refractivity contribution is 7.79. The Balaban J connectivity index is 0.00000144. The lowest BCUT2D eigenvalue weighted by molar-refractivity contribution is 0.194. The maximum atomic E-state index is 6.25. The standard InChI is InChI=1S/C27H37N7O2.CH4S/c1-32-10-6-19(7-11-32)24-3-2-9-34(24)21-4-5-22-25(15-21)36-14-12-33-16-23(31-27(22)33)26(29-18-28)30-20-8-13-35-17-20;1-2/h4-5,15-16,18-20,24H,2-3,6-14,17H2,1H3,(H2,28,29,30);2H,1H3. The Hall–Kier alpha value is -2.56. The van der Waals surface area contributed by atoms with Crippen molar-refractivity contribution in [1.29, 1.82) is 0 Å². The van der Waals surface area contributed by atoms with Crippen LogP contribution in [-0.4, -0.2) is 91.5 Å². The zero-order chi connectivity index (χ0) is 26.5. The molecular weight excluding hydrogens is 498 g/mol. The zero-order valence-corrected chi connectivity index (χ0v) is 23.5. The number of hydrogen-bond donors (Lipinski definition) is 2. The fourth-order valence-corrected chi connectivity index (χ4v) is 6.21. The van der Waals surface area contributed by atoms with Crippen LogP contribution in [0.1, 0.15) is 37.8 Å². The van der Waals surface area contributed by atoms with E-state index in [2.05, 4.69) is 57.2 Å². The molecule has 0 radical (unpaired) electrons. The van der Waals surface area contributed by atoms with Crippen LogP contribution >= 0.6 is 12.6 Å². The van der Waals surface area contributed by atoms with Crippen molar-refractivity contribution in [2.45, 2.75) is 50.7 Å². The number of likely N-dealkylation sites (tertiary alicyclic amines) is 1. The highest BCUT2D eigenvalue weighted by atomic mass is 32.1. The molecular formula is C28H41N7O2S. The molecule has 38 heavy (non-hydrogen) atoms. The lowest BCUT2D eigenvalue weighted by Crippen LogP contribution is -2.41. The summed E-state index contributed by atoms with van der Waals surface area (Å²) in [6.45, 7) is 6.21. The zero-order valence-electron chi connectivity index (χ0n) is 22.6. The molecule has 0 bridgehead atoms. The minimum Gasteiger partial charge on any atom is -0.491 e. The first kappa shape index (κ1) is 27.0. The SMILES string of the molecule is CN1CCC(C2CCCN2c2ccc3c(c2)OCCn2cc(C(N=CN)=NC4CCOC4)nc2-3)CC1.CS. The van der Waals surface area contributed by atoms with Gasteiger partial charge in [-0.2, -0.15) is 12.6 Å². The predicted octanol–water partition coefficient (Wildman–Crippen LogP) is 3.32. The van der Waals surface area contributed by atoms with Gasteiger partial charge in [0.1, 0.15) is 23.9 Å². The van der Waals surface area contributed by atoms with Gasteiger partial charge in [-0.3, -0.25) is 4.99 Å². The molecule has 0 spiro atoms. The molecule has 5 heterocycles. The third-order valence-corrected chi connectivity index (χ3v) is 8.15. The highest BCUT2D eigenvalue weighted by Crippen LogP contribution is 2.39. The van der Waals surface area contributed by atoms with Gasteiger partial charge in [0, 0.05) is 37.1 Å². The number of aliphatic imine (C=N–C) groups is 2. The number of nitrogens with two attached hydrogens (primary N) is 1. The molecule has 206 valence electrons. The lowest BCUT2D eigenvalue weighted by Gasteiger charge is -2.38. The van der Waals surface area contributed by atoms with Crippen LogP contribution < -0.4 is 15.4 Å². The number of anilines is 1. The van der Waals surface area contributed by atoms with Gasteiger partial charge in [0.05, 0.1) is 31.1 Å². The molecule has 4 aliphatic heterocycles. The van der Waals surface area contributed by atoms with Gasteiger partial charge >= 0.3 is 0 Å². The van der Waals surface area contributed by atoms with Crippen molar-refractivity contribution in [3.8, 4) is 17.1 Å².